The van der Waals surface area contributed by atoms with Crippen molar-refractivity contribution in [3.63, 3.8) is 0 Å². The van der Waals surface area contributed by atoms with Gasteiger partial charge in [-0.05, 0) is 12.1 Å². The lowest BCUT2D eigenvalue weighted by Gasteiger charge is -2.09. The fourth-order valence-electron chi connectivity index (χ4n) is 1.59. The summed E-state index contributed by atoms with van der Waals surface area (Å²) >= 11 is 11.5. The van der Waals surface area contributed by atoms with E-state index in [4.69, 9.17) is 23.2 Å². The lowest BCUT2D eigenvalue weighted by molar-refractivity contribution is -0.141. The van der Waals surface area contributed by atoms with E-state index in [0.717, 1.165) is 4.68 Å². The van der Waals surface area contributed by atoms with Gasteiger partial charge in [-0.1, -0.05) is 29.3 Å². The largest absolute Gasteiger partial charge is 0.435 e. The molecule has 1 aromatic heterocycles. The summed E-state index contributed by atoms with van der Waals surface area (Å²) in [5.74, 6) is -0.358. The Bertz CT molecular complexity index is 818. The number of nitrogens with zero attached hydrogens (tertiary/aromatic N) is 2. The van der Waals surface area contributed by atoms with E-state index >= 15 is 0 Å². The minimum absolute atomic E-state index is 0.00512. The quantitative estimate of drug-likeness (QED) is 0.894. The Morgan fingerprint density at radius 2 is 1.91 bits per heavy atom. The van der Waals surface area contributed by atoms with Crippen molar-refractivity contribution in [3.8, 4) is 0 Å². The van der Waals surface area contributed by atoms with Gasteiger partial charge in [0.2, 0.25) is 0 Å². The van der Waals surface area contributed by atoms with Crippen LogP contribution in [0.1, 0.15) is 5.69 Å². The Kier molecular flexibility index (Phi) is 4.33. The number of alkyl halides is 3. The van der Waals surface area contributed by atoms with Gasteiger partial charge in [0.1, 0.15) is 10.7 Å². The van der Waals surface area contributed by atoms with Crippen LogP contribution in [0.15, 0.2) is 29.2 Å². The summed E-state index contributed by atoms with van der Waals surface area (Å²) in [5.41, 5.74) is -1.22. The summed E-state index contributed by atoms with van der Waals surface area (Å²) in [5, 5.41) is 2.98. The molecule has 0 saturated carbocycles. The van der Waals surface area contributed by atoms with Gasteiger partial charge in [-0.15, -0.1) is 0 Å². The molecule has 0 fully saturated rings. The van der Waals surface area contributed by atoms with Crippen LogP contribution in [0.25, 0.3) is 0 Å². The second kappa shape index (κ2) is 5.64. The molecule has 0 saturated heterocycles. The maximum absolute atomic E-state index is 12.6. The van der Waals surface area contributed by atoms with Gasteiger partial charge in [-0.3, -0.25) is 9.40 Å². The topological polar surface area (TPSA) is 64.0 Å². The van der Waals surface area contributed by atoms with Gasteiger partial charge < -0.3 is 0 Å². The van der Waals surface area contributed by atoms with Crippen LogP contribution in [0.3, 0.4) is 0 Å². The first kappa shape index (κ1) is 16.9. The zero-order valence-electron chi connectivity index (χ0n) is 10.8. The number of hydrogen-bond donors (Lipinski definition) is 1. The highest BCUT2D eigenvalue weighted by atomic mass is 35.5. The van der Waals surface area contributed by atoms with E-state index < -0.39 is 21.9 Å². The van der Waals surface area contributed by atoms with Crippen LogP contribution < -0.4 is 4.72 Å². The van der Waals surface area contributed by atoms with E-state index in [0.29, 0.717) is 6.07 Å². The summed E-state index contributed by atoms with van der Waals surface area (Å²) in [4.78, 5) is -0.351. The molecule has 0 atom stereocenters. The number of nitrogens with one attached hydrogen (secondary N) is 1. The second-order valence-corrected chi connectivity index (χ2v) is 6.63. The van der Waals surface area contributed by atoms with Crippen molar-refractivity contribution in [3.05, 3.63) is 40.0 Å². The first-order valence-electron chi connectivity index (χ1n) is 5.60. The van der Waals surface area contributed by atoms with Crippen LogP contribution in [0, 0.1) is 0 Å². The highest BCUT2D eigenvalue weighted by Gasteiger charge is 2.35. The van der Waals surface area contributed by atoms with Crippen molar-refractivity contribution in [1.29, 1.82) is 0 Å². The molecular weight excluding hydrogens is 366 g/mol. The maximum atomic E-state index is 12.6. The standard InChI is InChI=1S/C11H8Cl2F3N3O2S/c1-19-9(5-8(17-19)11(14,15)16)18-22(20,21)7-4-2-3-6(12)10(7)13/h2-5,18H,1H3. The molecule has 0 aliphatic heterocycles. The van der Waals surface area contributed by atoms with Crippen molar-refractivity contribution in [2.45, 2.75) is 11.1 Å². The number of halogens is 5. The van der Waals surface area contributed by atoms with E-state index in [-0.39, 0.29) is 20.8 Å². The average Bonchev–Trinajstić information content (AvgIpc) is 2.73. The van der Waals surface area contributed by atoms with Gasteiger partial charge in [0.15, 0.2) is 5.69 Å². The van der Waals surface area contributed by atoms with Crippen LogP contribution in [0.4, 0.5) is 19.0 Å². The minimum Gasteiger partial charge on any atom is -0.264 e. The van der Waals surface area contributed by atoms with Crippen LogP contribution in [0.5, 0.6) is 0 Å². The lowest BCUT2D eigenvalue weighted by Crippen LogP contribution is -2.15. The predicted molar refractivity (Wildman–Crippen MR) is 75.5 cm³/mol. The Morgan fingerprint density at radius 3 is 2.45 bits per heavy atom. The van der Waals surface area contributed by atoms with Gasteiger partial charge >= 0.3 is 6.18 Å². The highest BCUT2D eigenvalue weighted by Crippen LogP contribution is 2.32. The summed E-state index contributed by atoms with van der Waals surface area (Å²) in [6.45, 7) is 0. The molecule has 0 aliphatic rings. The van der Waals surface area contributed by atoms with Crippen molar-refractivity contribution >= 4 is 39.0 Å². The average molecular weight is 374 g/mol. The molecule has 0 spiro atoms. The number of benzene rings is 1. The van der Waals surface area contributed by atoms with Crippen LogP contribution >= 0.6 is 23.2 Å². The highest BCUT2D eigenvalue weighted by molar-refractivity contribution is 7.92. The summed E-state index contributed by atoms with van der Waals surface area (Å²) in [6.07, 6.45) is -4.69. The zero-order valence-corrected chi connectivity index (χ0v) is 13.1. The fraction of sp³-hybridized carbons (Fsp3) is 0.182. The third-order valence-corrected chi connectivity index (χ3v) is 4.94. The summed E-state index contributed by atoms with van der Waals surface area (Å²) < 4.78 is 64.9. The lowest BCUT2D eigenvalue weighted by atomic mass is 10.4. The molecule has 120 valence electrons. The van der Waals surface area contributed by atoms with Crippen LogP contribution in [-0.2, 0) is 23.2 Å². The van der Waals surface area contributed by atoms with Crippen LogP contribution in [0.2, 0.25) is 10.0 Å². The Morgan fingerprint density at radius 1 is 1.27 bits per heavy atom. The van der Waals surface area contributed by atoms with Crippen molar-refractivity contribution in [1.82, 2.24) is 9.78 Å². The van der Waals surface area contributed by atoms with E-state index in [1.54, 1.807) is 0 Å². The number of aromatic nitrogens is 2. The number of anilines is 1. The van der Waals surface area contributed by atoms with Gasteiger partial charge in [0, 0.05) is 13.1 Å². The normalized spacial score (nSPS) is 12.5. The molecule has 2 aromatic rings. The smallest absolute Gasteiger partial charge is 0.264 e. The van der Waals surface area contributed by atoms with Gasteiger partial charge in [-0.2, -0.15) is 18.3 Å². The summed E-state index contributed by atoms with van der Waals surface area (Å²) in [7, 11) is -3.04. The number of rotatable bonds is 3. The first-order valence-corrected chi connectivity index (χ1v) is 7.84. The van der Waals surface area contributed by atoms with Crippen molar-refractivity contribution < 1.29 is 21.6 Å². The third kappa shape index (κ3) is 3.31. The molecule has 0 unspecified atom stereocenters. The SMILES string of the molecule is Cn1nc(C(F)(F)F)cc1NS(=O)(=O)c1cccc(Cl)c1Cl. The van der Waals surface area contributed by atoms with Crippen LogP contribution in [-0.4, -0.2) is 18.2 Å². The summed E-state index contributed by atoms with van der Waals surface area (Å²) in [6, 6.07) is 4.50. The van der Waals surface area contributed by atoms with E-state index in [1.165, 1.54) is 25.2 Å². The fourth-order valence-corrected chi connectivity index (χ4v) is 3.43. The van der Waals surface area contributed by atoms with Crippen molar-refractivity contribution in [2.75, 3.05) is 4.72 Å². The monoisotopic (exact) mass is 373 g/mol. The minimum atomic E-state index is -4.69. The Balaban J connectivity index is 2.42. The zero-order chi connectivity index (χ0) is 16.7. The van der Waals surface area contributed by atoms with E-state index in [9.17, 15) is 21.6 Å². The Hall–Kier alpha value is -1.45. The molecule has 1 heterocycles. The van der Waals surface area contributed by atoms with E-state index in [2.05, 4.69) is 5.10 Å². The molecule has 0 amide bonds. The number of aryl methyl sites for hydroxylation is 1. The number of sulfonamides is 1. The predicted octanol–water partition coefficient (Wildman–Crippen LogP) is 3.55. The molecule has 1 aromatic carbocycles. The molecule has 1 N–H and O–H groups in total. The second-order valence-electron chi connectivity index (χ2n) is 4.19. The molecule has 5 nitrogen and oxygen atoms in total. The Labute approximate surface area is 133 Å². The van der Waals surface area contributed by atoms with Gasteiger partial charge in [0.25, 0.3) is 10.0 Å². The molecule has 2 rings (SSSR count). The van der Waals surface area contributed by atoms with Gasteiger partial charge in [0.05, 0.1) is 10.0 Å². The third-order valence-electron chi connectivity index (χ3n) is 2.61. The molecular formula is C11H8Cl2F3N3O2S. The maximum Gasteiger partial charge on any atom is 0.435 e. The van der Waals surface area contributed by atoms with E-state index in [1.807, 2.05) is 4.72 Å². The van der Waals surface area contributed by atoms with Gasteiger partial charge in [-0.25, -0.2) is 8.42 Å². The number of hydrogen-bond acceptors (Lipinski definition) is 3. The molecule has 22 heavy (non-hydrogen) atoms. The molecule has 0 aliphatic carbocycles. The first-order chi connectivity index (χ1) is 10.0. The molecule has 0 radical (unpaired) electrons. The van der Waals surface area contributed by atoms with Crippen molar-refractivity contribution in [2.24, 2.45) is 7.05 Å². The molecule has 11 heteroatoms. The molecule has 0 bridgehead atoms.